The number of nitrogens with one attached hydrogen (secondary N) is 1. The second-order valence-electron chi connectivity index (χ2n) is 5.38. The van der Waals surface area contributed by atoms with Gasteiger partial charge in [0.2, 0.25) is 0 Å². The highest BCUT2D eigenvalue weighted by Gasteiger charge is 2.12. The molecule has 0 spiro atoms. The first-order valence-corrected chi connectivity index (χ1v) is 8.25. The Balaban J connectivity index is 1.72. The van der Waals surface area contributed by atoms with Crippen molar-refractivity contribution >= 4 is 23.5 Å². The van der Waals surface area contributed by atoms with E-state index >= 15 is 0 Å². The molecule has 0 unspecified atom stereocenters. The molecule has 2 rings (SSSR count). The summed E-state index contributed by atoms with van der Waals surface area (Å²) in [6.07, 6.45) is 0.710. The number of carbonyl (C=O) groups excluding carboxylic acids is 2. The molecule has 132 valence electrons. The summed E-state index contributed by atoms with van der Waals surface area (Å²) in [4.78, 5) is 23.6. The second-order valence-corrected chi connectivity index (χ2v) is 5.82. The summed E-state index contributed by atoms with van der Waals surface area (Å²) in [6.45, 7) is 0.180. The Morgan fingerprint density at radius 2 is 1.88 bits per heavy atom. The van der Waals surface area contributed by atoms with E-state index < -0.39 is 5.97 Å². The first-order chi connectivity index (χ1) is 12.1. The normalized spacial score (nSPS) is 10.2. The number of carbonyl (C=O) groups is 2. The first kappa shape index (κ1) is 18.8. The number of halogens is 1. The Kier molecular flexibility index (Phi) is 7.29. The number of rotatable bonds is 8. The van der Waals surface area contributed by atoms with Crippen LogP contribution in [0, 0.1) is 0 Å². The zero-order valence-corrected chi connectivity index (χ0v) is 14.7. The quantitative estimate of drug-likeness (QED) is 0.734. The van der Waals surface area contributed by atoms with Gasteiger partial charge in [0.15, 0.2) is 6.61 Å². The topological polar surface area (TPSA) is 64.6 Å². The summed E-state index contributed by atoms with van der Waals surface area (Å²) in [6, 6.07) is 14.8. The molecule has 0 aromatic heterocycles. The van der Waals surface area contributed by atoms with Crippen molar-refractivity contribution in [2.45, 2.75) is 12.8 Å². The summed E-state index contributed by atoms with van der Waals surface area (Å²) >= 11 is 5.92. The van der Waals surface area contributed by atoms with Crippen LogP contribution in [0.2, 0.25) is 5.02 Å². The van der Waals surface area contributed by atoms with E-state index in [9.17, 15) is 9.59 Å². The fraction of sp³-hybridized carbons (Fsp3) is 0.263. The standard InChI is InChI=1S/C19H20ClNO4/c1-24-17-8-7-16(20)11-15(17)12-19(23)25-13-18(22)21-10-9-14-5-3-2-4-6-14/h2-8,11H,9-10,12-13H2,1H3,(H,21,22). The van der Waals surface area contributed by atoms with Crippen LogP contribution in [0.3, 0.4) is 0 Å². The van der Waals surface area contributed by atoms with E-state index in [0.717, 1.165) is 12.0 Å². The lowest BCUT2D eigenvalue weighted by atomic mass is 10.1. The van der Waals surface area contributed by atoms with E-state index in [0.29, 0.717) is 22.9 Å². The van der Waals surface area contributed by atoms with Crippen molar-refractivity contribution in [3.05, 3.63) is 64.7 Å². The predicted octanol–water partition coefficient (Wildman–Crippen LogP) is 2.79. The van der Waals surface area contributed by atoms with Gasteiger partial charge in [-0.15, -0.1) is 0 Å². The van der Waals surface area contributed by atoms with Crippen molar-refractivity contribution < 1.29 is 19.1 Å². The molecule has 0 saturated heterocycles. The molecule has 0 bridgehead atoms. The Bertz CT molecular complexity index is 719. The molecule has 5 nitrogen and oxygen atoms in total. The smallest absolute Gasteiger partial charge is 0.310 e. The van der Waals surface area contributed by atoms with Crippen LogP contribution in [0.4, 0.5) is 0 Å². The fourth-order valence-electron chi connectivity index (χ4n) is 2.28. The molecule has 0 saturated carbocycles. The van der Waals surface area contributed by atoms with Gasteiger partial charge in [-0.2, -0.15) is 0 Å². The van der Waals surface area contributed by atoms with Crippen LogP contribution in [0.25, 0.3) is 0 Å². The van der Waals surface area contributed by atoms with E-state index in [-0.39, 0.29) is 18.9 Å². The molecule has 0 atom stereocenters. The molecule has 2 aromatic rings. The maximum atomic E-state index is 11.9. The molecule has 6 heteroatoms. The Labute approximate surface area is 151 Å². The number of methoxy groups -OCH3 is 1. The van der Waals surface area contributed by atoms with E-state index in [1.165, 1.54) is 7.11 Å². The number of benzene rings is 2. The minimum atomic E-state index is -0.515. The molecule has 0 aliphatic carbocycles. The predicted molar refractivity (Wildman–Crippen MR) is 95.8 cm³/mol. The average Bonchev–Trinajstić information content (AvgIpc) is 2.61. The van der Waals surface area contributed by atoms with Gasteiger partial charge >= 0.3 is 5.97 Å². The number of hydrogen-bond acceptors (Lipinski definition) is 4. The fourth-order valence-corrected chi connectivity index (χ4v) is 2.47. The minimum Gasteiger partial charge on any atom is -0.496 e. The SMILES string of the molecule is COc1ccc(Cl)cc1CC(=O)OCC(=O)NCCc1ccccc1. The highest BCUT2D eigenvalue weighted by molar-refractivity contribution is 6.30. The minimum absolute atomic E-state index is 0.0129. The van der Waals surface area contributed by atoms with Crippen LogP contribution in [0.5, 0.6) is 5.75 Å². The van der Waals surface area contributed by atoms with E-state index in [4.69, 9.17) is 21.1 Å². The Morgan fingerprint density at radius 1 is 1.12 bits per heavy atom. The summed E-state index contributed by atoms with van der Waals surface area (Å²) in [5.74, 6) is -0.297. The zero-order valence-electron chi connectivity index (χ0n) is 14.0. The van der Waals surface area contributed by atoms with Crippen molar-refractivity contribution in [3.63, 3.8) is 0 Å². The maximum Gasteiger partial charge on any atom is 0.310 e. The van der Waals surface area contributed by atoms with Crippen LogP contribution >= 0.6 is 11.6 Å². The van der Waals surface area contributed by atoms with Crippen LogP contribution < -0.4 is 10.1 Å². The lowest BCUT2D eigenvalue weighted by Gasteiger charge is -2.09. The summed E-state index contributed by atoms with van der Waals surface area (Å²) in [7, 11) is 1.51. The number of amides is 1. The summed E-state index contributed by atoms with van der Waals surface area (Å²) in [5, 5.41) is 3.22. The van der Waals surface area contributed by atoms with Crippen LogP contribution in [0.1, 0.15) is 11.1 Å². The van der Waals surface area contributed by atoms with Crippen molar-refractivity contribution in [2.75, 3.05) is 20.3 Å². The van der Waals surface area contributed by atoms with Gasteiger partial charge < -0.3 is 14.8 Å². The molecule has 0 heterocycles. The Morgan fingerprint density at radius 3 is 2.60 bits per heavy atom. The van der Waals surface area contributed by atoms with E-state index in [1.807, 2.05) is 30.3 Å². The van der Waals surface area contributed by atoms with Gasteiger partial charge in [0.25, 0.3) is 5.91 Å². The third-order valence-electron chi connectivity index (χ3n) is 3.52. The van der Waals surface area contributed by atoms with Crippen LogP contribution in [-0.4, -0.2) is 32.1 Å². The number of ether oxygens (including phenoxy) is 2. The Hall–Kier alpha value is -2.53. The monoisotopic (exact) mass is 361 g/mol. The number of esters is 1. The lowest BCUT2D eigenvalue weighted by Crippen LogP contribution is -2.30. The number of hydrogen-bond donors (Lipinski definition) is 1. The molecule has 0 aliphatic rings. The third-order valence-corrected chi connectivity index (χ3v) is 3.76. The molecule has 0 fully saturated rings. The first-order valence-electron chi connectivity index (χ1n) is 7.87. The molecular weight excluding hydrogens is 342 g/mol. The molecule has 2 aromatic carbocycles. The third kappa shape index (κ3) is 6.47. The summed E-state index contributed by atoms with van der Waals surface area (Å²) in [5.41, 5.74) is 1.75. The largest absolute Gasteiger partial charge is 0.496 e. The highest BCUT2D eigenvalue weighted by Crippen LogP contribution is 2.23. The van der Waals surface area contributed by atoms with Gasteiger partial charge in [0, 0.05) is 17.1 Å². The van der Waals surface area contributed by atoms with E-state index in [2.05, 4.69) is 5.32 Å². The van der Waals surface area contributed by atoms with E-state index in [1.54, 1.807) is 18.2 Å². The maximum absolute atomic E-state index is 11.9. The molecule has 0 aliphatic heterocycles. The van der Waals surface area contributed by atoms with Crippen molar-refractivity contribution in [3.8, 4) is 5.75 Å². The van der Waals surface area contributed by atoms with Gasteiger partial charge in [-0.3, -0.25) is 9.59 Å². The molecule has 0 radical (unpaired) electrons. The van der Waals surface area contributed by atoms with Gasteiger partial charge in [-0.05, 0) is 30.2 Å². The highest BCUT2D eigenvalue weighted by atomic mass is 35.5. The van der Waals surface area contributed by atoms with Gasteiger partial charge in [-0.1, -0.05) is 41.9 Å². The summed E-state index contributed by atoms with van der Waals surface area (Å²) < 4.78 is 10.2. The van der Waals surface area contributed by atoms with Crippen molar-refractivity contribution in [2.24, 2.45) is 0 Å². The second kappa shape index (κ2) is 9.69. The van der Waals surface area contributed by atoms with Crippen LogP contribution in [-0.2, 0) is 27.2 Å². The molecular formula is C19H20ClNO4. The van der Waals surface area contributed by atoms with Crippen molar-refractivity contribution in [1.29, 1.82) is 0 Å². The van der Waals surface area contributed by atoms with Gasteiger partial charge in [0.05, 0.1) is 13.5 Å². The molecule has 1 N–H and O–H groups in total. The van der Waals surface area contributed by atoms with Gasteiger partial charge in [-0.25, -0.2) is 0 Å². The molecule has 25 heavy (non-hydrogen) atoms. The molecule has 1 amide bonds. The average molecular weight is 362 g/mol. The zero-order chi connectivity index (χ0) is 18.1. The lowest BCUT2D eigenvalue weighted by molar-refractivity contribution is -0.147. The van der Waals surface area contributed by atoms with Crippen molar-refractivity contribution in [1.82, 2.24) is 5.32 Å². The van der Waals surface area contributed by atoms with Gasteiger partial charge in [0.1, 0.15) is 5.75 Å². The van der Waals surface area contributed by atoms with Crippen LogP contribution in [0.15, 0.2) is 48.5 Å².